The highest BCUT2D eigenvalue weighted by atomic mass is 79.9. The minimum absolute atomic E-state index is 0.140. The summed E-state index contributed by atoms with van der Waals surface area (Å²) in [5.41, 5.74) is 2.52. The highest BCUT2D eigenvalue weighted by molar-refractivity contribution is 9.09. The van der Waals surface area contributed by atoms with Crippen LogP contribution >= 0.6 is 15.9 Å². The van der Waals surface area contributed by atoms with Crippen LogP contribution in [-0.2, 0) is 11.2 Å². The third kappa shape index (κ3) is 5.35. The quantitative estimate of drug-likeness (QED) is 0.803. The molecule has 0 bridgehead atoms. The molecule has 17 heavy (non-hydrogen) atoms. The van der Waals surface area contributed by atoms with E-state index < -0.39 is 0 Å². The van der Waals surface area contributed by atoms with Crippen molar-refractivity contribution in [1.29, 1.82) is 0 Å². The van der Waals surface area contributed by atoms with Crippen molar-refractivity contribution in [1.82, 2.24) is 5.32 Å². The van der Waals surface area contributed by atoms with E-state index in [-0.39, 0.29) is 5.91 Å². The van der Waals surface area contributed by atoms with Crippen molar-refractivity contribution in [3.63, 3.8) is 0 Å². The molecule has 2 nitrogen and oxygen atoms in total. The van der Waals surface area contributed by atoms with Crippen molar-refractivity contribution in [2.24, 2.45) is 5.92 Å². The molecule has 3 heteroatoms. The Balaban J connectivity index is 2.31. The predicted molar refractivity (Wildman–Crippen MR) is 75.5 cm³/mol. The Kier molecular flexibility index (Phi) is 6.27. The maximum absolute atomic E-state index is 11.6. The normalized spacial score (nSPS) is 12.2. The monoisotopic (exact) mass is 297 g/mol. The Labute approximate surface area is 112 Å². The SMILES string of the molecule is Cc1ccccc1CCC(=O)NCC(C)CBr. The van der Waals surface area contributed by atoms with Gasteiger partial charge in [0, 0.05) is 18.3 Å². The summed E-state index contributed by atoms with van der Waals surface area (Å²) in [5, 5.41) is 3.88. The minimum atomic E-state index is 0.140. The Bertz CT molecular complexity index is 365. The molecule has 0 aliphatic rings. The molecule has 1 unspecified atom stereocenters. The lowest BCUT2D eigenvalue weighted by molar-refractivity contribution is -0.121. The molecular weight excluding hydrogens is 278 g/mol. The highest BCUT2D eigenvalue weighted by Gasteiger charge is 2.05. The van der Waals surface area contributed by atoms with Crippen LogP contribution in [0.25, 0.3) is 0 Å². The second kappa shape index (κ2) is 7.49. The van der Waals surface area contributed by atoms with Crippen molar-refractivity contribution in [3.05, 3.63) is 35.4 Å². The van der Waals surface area contributed by atoms with Crippen LogP contribution in [-0.4, -0.2) is 17.8 Å². The number of alkyl halides is 1. The Hall–Kier alpha value is -0.830. The molecule has 94 valence electrons. The first kappa shape index (κ1) is 14.2. The van der Waals surface area contributed by atoms with Crippen molar-refractivity contribution < 1.29 is 4.79 Å². The molecule has 0 heterocycles. The molecule has 0 radical (unpaired) electrons. The standard InChI is InChI=1S/C14H20BrNO/c1-11(9-15)10-16-14(17)8-7-13-6-4-3-5-12(13)2/h3-6,11H,7-10H2,1-2H3,(H,16,17). The molecule has 1 N–H and O–H groups in total. The van der Waals surface area contributed by atoms with Crippen molar-refractivity contribution in [2.45, 2.75) is 26.7 Å². The molecule has 1 aromatic carbocycles. The number of rotatable bonds is 6. The molecule has 0 aromatic heterocycles. The van der Waals surface area contributed by atoms with Gasteiger partial charge in [-0.2, -0.15) is 0 Å². The fraction of sp³-hybridized carbons (Fsp3) is 0.500. The molecule has 0 saturated heterocycles. The predicted octanol–water partition coefficient (Wildman–Crippen LogP) is 3.07. The maximum atomic E-state index is 11.6. The first-order valence-corrected chi connectivity index (χ1v) is 7.12. The van der Waals surface area contributed by atoms with E-state index in [1.165, 1.54) is 11.1 Å². The lowest BCUT2D eigenvalue weighted by Gasteiger charge is -2.10. The van der Waals surface area contributed by atoms with E-state index in [4.69, 9.17) is 0 Å². The number of benzene rings is 1. The lowest BCUT2D eigenvalue weighted by Crippen LogP contribution is -2.28. The number of hydrogen-bond donors (Lipinski definition) is 1. The molecule has 0 saturated carbocycles. The van der Waals surface area contributed by atoms with Crippen LogP contribution in [0, 0.1) is 12.8 Å². The largest absolute Gasteiger partial charge is 0.356 e. The molecule has 0 aliphatic carbocycles. The first-order valence-electron chi connectivity index (χ1n) is 6.00. The van der Waals surface area contributed by atoms with Gasteiger partial charge in [-0.3, -0.25) is 4.79 Å². The number of amides is 1. The topological polar surface area (TPSA) is 29.1 Å². The number of aryl methyl sites for hydroxylation is 2. The second-order valence-electron chi connectivity index (χ2n) is 4.49. The molecule has 0 aliphatic heterocycles. The average Bonchev–Trinajstić information content (AvgIpc) is 2.35. The number of carbonyl (C=O) groups excluding carboxylic acids is 1. The summed E-state index contributed by atoms with van der Waals surface area (Å²) in [5.74, 6) is 0.624. The molecule has 1 atom stereocenters. The molecule has 1 amide bonds. The van der Waals surface area contributed by atoms with Crippen molar-refractivity contribution in [3.8, 4) is 0 Å². The number of carbonyl (C=O) groups is 1. The van der Waals surface area contributed by atoms with E-state index in [0.717, 1.165) is 18.3 Å². The first-order chi connectivity index (χ1) is 8.13. The van der Waals surface area contributed by atoms with E-state index >= 15 is 0 Å². The lowest BCUT2D eigenvalue weighted by atomic mass is 10.0. The molecule has 1 rings (SSSR count). The Morgan fingerprint density at radius 1 is 1.41 bits per heavy atom. The maximum Gasteiger partial charge on any atom is 0.220 e. The summed E-state index contributed by atoms with van der Waals surface area (Å²) in [6.07, 6.45) is 1.39. The van der Waals surface area contributed by atoms with Gasteiger partial charge in [-0.25, -0.2) is 0 Å². The van der Waals surface area contributed by atoms with Gasteiger partial charge >= 0.3 is 0 Å². The molecular formula is C14H20BrNO. The molecule has 0 fully saturated rings. The van der Waals surface area contributed by atoms with Gasteiger partial charge in [0.1, 0.15) is 0 Å². The van der Waals surface area contributed by atoms with E-state index in [1.807, 2.05) is 12.1 Å². The Morgan fingerprint density at radius 2 is 2.12 bits per heavy atom. The van der Waals surface area contributed by atoms with Crippen LogP contribution in [0.4, 0.5) is 0 Å². The van der Waals surface area contributed by atoms with Crippen LogP contribution in [0.3, 0.4) is 0 Å². The van der Waals surface area contributed by atoms with Gasteiger partial charge in [0.2, 0.25) is 5.91 Å². The summed E-state index contributed by atoms with van der Waals surface area (Å²) >= 11 is 3.40. The summed E-state index contributed by atoms with van der Waals surface area (Å²) in [6, 6.07) is 8.22. The van der Waals surface area contributed by atoms with Gasteiger partial charge in [0.25, 0.3) is 0 Å². The highest BCUT2D eigenvalue weighted by Crippen LogP contribution is 2.09. The average molecular weight is 298 g/mol. The summed E-state index contributed by atoms with van der Waals surface area (Å²) in [4.78, 5) is 11.6. The summed E-state index contributed by atoms with van der Waals surface area (Å²) in [6.45, 7) is 4.94. The molecule has 1 aromatic rings. The fourth-order valence-corrected chi connectivity index (χ4v) is 1.80. The van der Waals surface area contributed by atoms with Crippen LogP contribution in [0.15, 0.2) is 24.3 Å². The summed E-state index contributed by atoms with van der Waals surface area (Å²) < 4.78 is 0. The van der Waals surface area contributed by atoms with Gasteiger partial charge in [-0.1, -0.05) is 47.1 Å². The van der Waals surface area contributed by atoms with E-state index in [2.05, 4.69) is 47.2 Å². The van der Waals surface area contributed by atoms with Crippen molar-refractivity contribution >= 4 is 21.8 Å². The van der Waals surface area contributed by atoms with Crippen LogP contribution in [0.2, 0.25) is 0 Å². The van der Waals surface area contributed by atoms with Crippen LogP contribution in [0.1, 0.15) is 24.5 Å². The Morgan fingerprint density at radius 3 is 2.76 bits per heavy atom. The second-order valence-corrected chi connectivity index (χ2v) is 5.14. The zero-order chi connectivity index (χ0) is 12.7. The summed E-state index contributed by atoms with van der Waals surface area (Å²) in [7, 11) is 0. The van der Waals surface area contributed by atoms with Crippen LogP contribution in [0.5, 0.6) is 0 Å². The van der Waals surface area contributed by atoms with Gasteiger partial charge in [0.15, 0.2) is 0 Å². The zero-order valence-electron chi connectivity index (χ0n) is 10.5. The third-order valence-corrected chi connectivity index (χ3v) is 3.90. The molecule has 0 spiro atoms. The number of nitrogens with one attached hydrogen (secondary N) is 1. The number of hydrogen-bond acceptors (Lipinski definition) is 1. The van der Waals surface area contributed by atoms with Crippen LogP contribution < -0.4 is 5.32 Å². The van der Waals surface area contributed by atoms with Gasteiger partial charge in [0.05, 0.1) is 0 Å². The van der Waals surface area contributed by atoms with E-state index in [9.17, 15) is 4.79 Å². The van der Waals surface area contributed by atoms with Gasteiger partial charge in [-0.05, 0) is 30.4 Å². The van der Waals surface area contributed by atoms with E-state index in [0.29, 0.717) is 12.3 Å². The zero-order valence-corrected chi connectivity index (χ0v) is 12.1. The van der Waals surface area contributed by atoms with Crippen molar-refractivity contribution in [2.75, 3.05) is 11.9 Å². The smallest absolute Gasteiger partial charge is 0.220 e. The third-order valence-electron chi connectivity index (χ3n) is 2.79. The van der Waals surface area contributed by atoms with Gasteiger partial charge < -0.3 is 5.32 Å². The number of halogens is 1. The fourth-order valence-electron chi connectivity index (χ4n) is 1.57. The van der Waals surface area contributed by atoms with E-state index in [1.54, 1.807) is 0 Å². The van der Waals surface area contributed by atoms with Gasteiger partial charge in [-0.15, -0.1) is 0 Å². The minimum Gasteiger partial charge on any atom is -0.356 e.